The van der Waals surface area contributed by atoms with Gasteiger partial charge in [-0.15, -0.1) is 0 Å². The van der Waals surface area contributed by atoms with E-state index < -0.39 is 50.1 Å². The number of benzene rings is 1. The Morgan fingerprint density at radius 1 is 1.11 bits per heavy atom. The maximum absolute atomic E-state index is 12.9. The molecule has 5 nitrogen and oxygen atoms in total. The normalized spacial score (nSPS) is 13.1. The molecule has 0 saturated carbocycles. The van der Waals surface area contributed by atoms with Crippen LogP contribution in [0.25, 0.3) is 0 Å². The minimum atomic E-state index is -5.86. The van der Waals surface area contributed by atoms with Gasteiger partial charge in [-0.25, -0.2) is 13.1 Å². The van der Waals surface area contributed by atoms with Crippen molar-refractivity contribution in [3.8, 4) is 0 Å². The zero-order valence-corrected chi connectivity index (χ0v) is 16.3. The van der Waals surface area contributed by atoms with Gasteiger partial charge in [-0.3, -0.25) is 4.79 Å². The molecule has 2 N–H and O–H groups in total. The SMILES string of the molecule is CC(C)CNS(=O)(=O)c1cc(C(=O)NCC(F)(F)C(F)(F)F)c(Cl)cc1Cl. The fourth-order valence-electron chi connectivity index (χ4n) is 1.65. The third-order valence-electron chi connectivity index (χ3n) is 3.12. The average molecular weight is 457 g/mol. The van der Waals surface area contributed by atoms with E-state index in [1.807, 2.05) is 0 Å². The summed E-state index contributed by atoms with van der Waals surface area (Å²) in [6.07, 6.45) is -5.86. The summed E-state index contributed by atoms with van der Waals surface area (Å²) in [5.41, 5.74) is -0.621. The highest BCUT2D eigenvalue weighted by Crippen LogP contribution is 2.35. The number of rotatable bonds is 7. The molecule has 0 heterocycles. The molecule has 0 atom stereocenters. The molecule has 27 heavy (non-hydrogen) atoms. The van der Waals surface area contributed by atoms with Crippen LogP contribution in [0, 0.1) is 5.92 Å². The molecule has 1 rings (SSSR count). The highest BCUT2D eigenvalue weighted by molar-refractivity contribution is 7.89. The van der Waals surface area contributed by atoms with Crippen molar-refractivity contribution in [2.45, 2.75) is 30.8 Å². The Hall–Kier alpha value is -1.17. The summed E-state index contributed by atoms with van der Waals surface area (Å²) in [6, 6.07) is 1.58. The number of hydrogen-bond acceptors (Lipinski definition) is 3. The lowest BCUT2D eigenvalue weighted by atomic mass is 10.2. The first-order valence-electron chi connectivity index (χ1n) is 7.30. The predicted octanol–water partition coefficient (Wildman–Crippen LogP) is 3.86. The molecule has 0 aliphatic heterocycles. The Morgan fingerprint density at radius 2 is 1.67 bits per heavy atom. The summed E-state index contributed by atoms with van der Waals surface area (Å²) in [7, 11) is -4.17. The van der Waals surface area contributed by atoms with Gasteiger partial charge in [-0.2, -0.15) is 22.0 Å². The smallest absolute Gasteiger partial charge is 0.346 e. The van der Waals surface area contributed by atoms with E-state index in [0.29, 0.717) is 6.07 Å². The van der Waals surface area contributed by atoms with E-state index in [0.717, 1.165) is 6.07 Å². The number of alkyl halides is 5. The summed E-state index contributed by atoms with van der Waals surface area (Å²) in [6.45, 7) is 1.46. The van der Waals surface area contributed by atoms with Crippen LogP contribution < -0.4 is 10.0 Å². The molecular weight excluding hydrogens is 442 g/mol. The topological polar surface area (TPSA) is 75.3 Å². The minimum Gasteiger partial charge on any atom is -0.346 e. The number of sulfonamides is 1. The highest BCUT2D eigenvalue weighted by atomic mass is 35.5. The third-order valence-corrected chi connectivity index (χ3v) is 5.32. The summed E-state index contributed by atoms with van der Waals surface area (Å²) < 4.78 is 89.0. The van der Waals surface area contributed by atoms with Crippen molar-refractivity contribution in [3.63, 3.8) is 0 Å². The molecule has 1 aromatic carbocycles. The second-order valence-electron chi connectivity index (χ2n) is 5.89. The summed E-state index contributed by atoms with van der Waals surface area (Å²) in [5.74, 6) is -6.64. The zero-order valence-electron chi connectivity index (χ0n) is 13.9. The Labute approximate surface area is 162 Å². The second-order valence-corrected chi connectivity index (χ2v) is 8.44. The monoisotopic (exact) mass is 456 g/mol. The molecule has 0 saturated heterocycles. The Kier molecular flexibility index (Phi) is 7.48. The van der Waals surface area contributed by atoms with Gasteiger partial charge in [0.2, 0.25) is 10.0 Å². The molecule has 13 heteroatoms. The quantitative estimate of drug-likeness (QED) is 0.611. The van der Waals surface area contributed by atoms with Crippen molar-refractivity contribution in [1.29, 1.82) is 0 Å². The van der Waals surface area contributed by atoms with E-state index in [1.165, 1.54) is 5.32 Å². The number of halogens is 7. The third kappa shape index (κ3) is 6.16. The van der Waals surface area contributed by atoms with Gasteiger partial charge in [0.15, 0.2) is 0 Å². The van der Waals surface area contributed by atoms with Crippen LogP contribution in [0.15, 0.2) is 17.0 Å². The van der Waals surface area contributed by atoms with Gasteiger partial charge in [0.05, 0.1) is 22.2 Å². The van der Waals surface area contributed by atoms with Crippen molar-refractivity contribution in [1.82, 2.24) is 10.0 Å². The molecular formula is C14H15Cl2F5N2O3S. The standard InChI is InChI=1S/C14H15Cl2F5N2O3S/c1-7(2)5-23-27(25,26)11-3-8(9(15)4-10(11)16)12(24)22-6-13(17,18)14(19,20)21/h3-4,7,23H,5-6H2,1-2H3,(H,22,24). The maximum atomic E-state index is 12.9. The van der Waals surface area contributed by atoms with Crippen molar-refractivity contribution < 1.29 is 35.2 Å². The van der Waals surface area contributed by atoms with E-state index in [-0.39, 0.29) is 17.5 Å². The molecule has 0 fully saturated rings. The van der Waals surface area contributed by atoms with Gasteiger partial charge in [0.1, 0.15) is 4.90 Å². The average Bonchev–Trinajstić information content (AvgIpc) is 2.49. The fourth-order valence-corrected chi connectivity index (χ4v) is 3.72. The number of carbonyl (C=O) groups excluding carboxylic acids is 1. The van der Waals surface area contributed by atoms with E-state index in [1.54, 1.807) is 13.8 Å². The van der Waals surface area contributed by atoms with Crippen LogP contribution in [0.2, 0.25) is 10.0 Å². The number of hydrogen-bond donors (Lipinski definition) is 2. The van der Waals surface area contributed by atoms with Crippen LogP contribution in [0.1, 0.15) is 24.2 Å². The number of nitrogens with one attached hydrogen (secondary N) is 2. The van der Waals surface area contributed by atoms with Crippen molar-refractivity contribution in [2.75, 3.05) is 13.1 Å². The van der Waals surface area contributed by atoms with Crippen molar-refractivity contribution in [3.05, 3.63) is 27.7 Å². The summed E-state index contributed by atoms with van der Waals surface area (Å²) in [4.78, 5) is 11.4. The Morgan fingerprint density at radius 3 is 2.15 bits per heavy atom. The van der Waals surface area contributed by atoms with Crippen LogP contribution in [-0.2, 0) is 10.0 Å². The first-order chi connectivity index (χ1) is 12.1. The van der Waals surface area contributed by atoms with Gasteiger partial charge in [-0.05, 0) is 18.1 Å². The van der Waals surface area contributed by atoms with Gasteiger partial charge >= 0.3 is 12.1 Å². The summed E-state index contributed by atoms with van der Waals surface area (Å²) >= 11 is 11.6. The molecule has 0 spiro atoms. The fraction of sp³-hybridized carbons (Fsp3) is 0.500. The molecule has 0 radical (unpaired) electrons. The van der Waals surface area contributed by atoms with Gasteiger partial charge < -0.3 is 5.32 Å². The minimum absolute atomic E-state index is 0.0423. The number of amides is 1. The highest BCUT2D eigenvalue weighted by Gasteiger charge is 2.57. The lowest BCUT2D eigenvalue weighted by Gasteiger charge is -2.20. The Bertz CT molecular complexity index is 814. The second kappa shape index (κ2) is 8.46. The van der Waals surface area contributed by atoms with Crippen molar-refractivity contribution >= 4 is 39.1 Å². The van der Waals surface area contributed by atoms with E-state index in [4.69, 9.17) is 23.2 Å². The van der Waals surface area contributed by atoms with Gasteiger partial charge in [0.25, 0.3) is 5.91 Å². The van der Waals surface area contributed by atoms with E-state index in [9.17, 15) is 35.2 Å². The van der Waals surface area contributed by atoms with Crippen LogP contribution >= 0.6 is 23.2 Å². The van der Waals surface area contributed by atoms with Crippen LogP contribution in [0.4, 0.5) is 22.0 Å². The molecule has 0 bridgehead atoms. The molecule has 0 aromatic heterocycles. The van der Waals surface area contributed by atoms with Crippen molar-refractivity contribution in [2.24, 2.45) is 5.92 Å². The van der Waals surface area contributed by atoms with Crippen LogP contribution in [0.5, 0.6) is 0 Å². The lowest BCUT2D eigenvalue weighted by Crippen LogP contribution is -2.46. The Balaban J connectivity index is 3.14. The van der Waals surface area contributed by atoms with Gasteiger partial charge in [0, 0.05) is 6.54 Å². The number of carbonyl (C=O) groups is 1. The van der Waals surface area contributed by atoms with Crippen LogP contribution in [-0.4, -0.2) is 39.5 Å². The first kappa shape index (κ1) is 23.9. The molecule has 0 unspecified atom stereocenters. The first-order valence-corrected chi connectivity index (χ1v) is 9.54. The molecule has 0 aliphatic carbocycles. The molecule has 154 valence electrons. The zero-order chi connectivity index (χ0) is 21.2. The lowest BCUT2D eigenvalue weighted by molar-refractivity contribution is -0.278. The van der Waals surface area contributed by atoms with Crippen LogP contribution in [0.3, 0.4) is 0 Å². The molecule has 0 aliphatic rings. The largest absolute Gasteiger partial charge is 0.455 e. The molecule has 1 aromatic rings. The predicted molar refractivity (Wildman–Crippen MR) is 89.8 cm³/mol. The van der Waals surface area contributed by atoms with E-state index in [2.05, 4.69) is 4.72 Å². The molecule has 1 amide bonds. The van der Waals surface area contributed by atoms with Gasteiger partial charge in [-0.1, -0.05) is 37.0 Å². The maximum Gasteiger partial charge on any atom is 0.455 e. The van der Waals surface area contributed by atoms with E-state index >= 15 is 0 Å². The summed E-state index contributed by atoms with van der Waals surface area (Å²) in [5, 5.41) is 0.609.